The van der Waals surface area contributed by atoms with E-state index in [1.165, 1.54) is 12.1 Å². The smallest absolute Gasteiger partial charge is 0.268 e. The average Bonchev–Trinajstić information content (AvgIpc) is 2.74. The van der Waals surface area contributed by atoms with Crippen LogP contribution >= 0.6 is 11.6 Å². The van der Waals surface area contributed by atoms with E-state index in [4.69, 9.17) is 11.6 Å². The highest BCUT2D eigenvalue weighted by atomic mass is 35.5. The molecule has 1 aliphatic heterocycles. The third kappa shape index (κ3) is 1.86. The van der Waals surface area contributed by atoms with Crippen LogP contribution in [0.4, 0.5) is 15.8 Å². The Kier molecular flexibility index (Phi) is 3.14. The summed E-state index contributed by atoms with van der Waals surface area (Å²) in [6, 6.07) is 8.10. The molecular formula is C14H6ClFN2O4. The molecule has 0 radical (unpaired) electrons. The number of nitro benzene ring substituents is 1. The fraction of sp³-hybridized carbons (Fsp3) is 0. The summed E-state index contributed by atoms with van der Waals surface area (Å²) in [6.07, 6.45) is 0. The monoisotopic (exact) mass is 320 g/mol. The van der Waals surface area contributed by atoms with Gasteiger partial charge in [0.25, 0.3) is 11.8 Å². The number of imide groups is 1. The summed E-state index contributed by atoms with van der Waals surface area (Å²) in [5.41, 5.74) is -1.24. The maximum atomic E-state index is 13.9. The van der Waals surface area contributed by atoms with Crippen LogP contribution in [-0.2, 0) is 0 Å². The van der Waals surface area contributed by atoms with Gasteiger partial charge < -0.3 is 0 Å². The summed E-state index contributed by atoms with van der Waals surface area (Å²) in [5.74, 6) is -2.78. The van der Waals surface area contributed by atoms with E-state index in [0.29, 0.717) is 4.90 Å². The van der Waals surface area contributed by atoms with Crippen LogP contribution in [0.3, 0.4) is 0 Å². The van der Waals surface area contributed by atoms with Crippen molar-refractivity contribution in [1.82, 2.24) is 0 Å². The summed E-state index contributed by atoms with van der Waals surface area (Å²) in [5, 5.41) is 10.6. The van der Waals surface area contributed by atoms with Gasteiger partial charge in [-0.3, -0.25) is 19.7 Å². The lowest BCUT2D eigenvalue weighted by atomic mass is 10.1. The molecule has 1 heterocycles. The maximum absolute atomic E-state index is 13.9. The van der Waals surface area contributed by atoms with Gasteiger partial charge in [-0.25, -0.2) is 4.90 Å². The van der Waals surface area contributed by atoms with Crippen LogP contribution in [0, 0.1) is 15.9 Å². The summed E-state index contributed by atoms with van der Waals surface area (Å²) >= 11 is 5.53. The van der Waals surface area contributed by atoms with Gasteiger partial charge in [0.15, 0.2) is 0 Å². The van der Waals surface area contributed by atoms with Crippen molar-refractivity contribution in [2.24, 2.45) is 0 Å². The molecular weight excluding hydrogens is 315 g/mol. The topological polar surface area (TPSA) is 80.5 Å². The number of carbonyl (C=O) groups excluding carboxylic acids is 2. The first-order valence-corrected chi connectivity index (χ1v) is 6.41. The van der Waals surface area contributed by atoms with E-state index in [1.54, 1.807) is 12.1 Å². The first-order chi connectivity index (χ1) is 10.4. The van der Waals surface area contributed by atoms with Crippen molar-refractivity contribution in [2.45, 2.75) is 0 Å². The second kappa shape index (κ2) is 4.88. The van der Waals surface area contributed by atoms with Crippen molar-refractivity contribution in [3.05, 3.63) is 68.5 Å². The molecule has 2 amide bonds. The number of amides is 2. The molecule has 1 aliphatic rings. The number of benzene rings is 2. The number of hydrogen-bond acceptors (Lipinski definition) is 4. The normalized spacial score (nSPS) is 13.5. The van der Waals surface area contributed by atoms with Crippen LogP contribution in [0.15, 0.2) is 36.4 Å². The lowest BCUT2D eigenvalue weighted by Crippen LogP contribution is -2.30. The predicted octanol–water partition coefficient (Wildman–Crippen LogP) is 3.19. The minimum Gasteiger partial charge on any atom is -0.268 e. The first kappa shape index (κ1) is 14.2. The third-order valence-corrected chi connectivity index (χ3v) is 3.56. The summed E-state index contributed by atoms with van der Waals surface area (Å²) in [7, 11) is 0. The lowest BCUT2D eigenvalue weighted by molar-refractivity contribution is -0.386. The molecule has 0 aliphatic carbocycles. The minimum absolute atomic E-state index is 0.108. The Hall–Kier alpha value is -2.80. The van der Waals surface area contributed by atoms with Crippen LogP contribution in [-0.4, -0.2) is 16.7 Å². The molecule has 8 heteroatoms. The lowest BCUT2D eigenvalue weighted by Gasteiger charge is -2.14. The van der Waals surface area contributed by atoms with Crippen LogP contribution < -0.4 is 4.90 Å². The molecule has 0 unspecified atom stereocenters. The number of rotatable bonds is 2. The van der Waals surface area contributed by atoms with E-state index < -0.39 is 39.0 Å². The summed E-state index contributed by atoms with van der Waals surface area (Å²) in [4.78, 5) is 35.3. The highest BCUT2D eigenvalue weighted by Gasteiger charge is 2.40. The molecule has 110 valence electrons. The number of fused-ring (bicyclic) bond motifs is 1. The standard InChI is InChI=1S/C14H6ClFN2O4/c15-9-5-6-10(12(11(9)16)18(21)22)17-13(19)7-3-1-2-4-8(7)14(17)20/h1-6H. The molecule has 0 N–H and O–H groups in total. The molecule has 0 saturated heterocycles. The molecule has 0 atom stereocenters. The van der Waals surface area contributed by atoms with E-state index >= 15 is 0 Å². The molecule has 3 rings (SSSR count). The molecule has 0 spiro atoms. The van der Waals surface area contributed by atoms with Crippen LogP contribution in [0.2, 0.25) is 5.02 Å². The molecule has 2 aromatic rings. The highest BCUT2D eigenvalue weighted by molar-refractivity contribution is 6.35. The Morgan fingerprint density at radius 2 is 1.59 bits per heavy atom. The van der Waals surface area contributed by atoms with Gasteiger partial charge in [0.05, 0.1) is 21.1 Å². The molecule has 0 bridgehead atoms. The fourth-order valence-electron chi connectivity index (χ4n) is 2.29. The SMILES string of the molecule is O=C1c2ccccc2C(=O)N1c1ccc(Cl)c(F)c1[N+](=O)[O-]. The third-order valence-electron chi connectivity index (χ3n) is 3.27. The van der Waals surface area contributed by atoms with Crippen molar-refractivity contribution < 1.29 is 18.9 Å². The second-order valence-corrected chi connectivity index (χ2v) is 4.88. The van der Waals surface area contributed by atoms with Gasteiger partial charge in [-0.15, -0.1) is 0 Å². The molecule has 0 fully saturated rings. The number of anilines is 1. The van der Waals surface area contributed by atoms with E-state index in [0.717, 1.165) is 12.1 Å². The second-order valence-electron chi connectivity index (χ2n) is 4.48. The van der Waals surface area contributed by atoms with Gasteiger partial charge in [-0.2, -0.15) is 4.39 Å². The molecule has 22 heavy (non-hydrogen) atoms. The minimum atomic E-state index is -1.29. The van der Waals surface area contributed by atoms with E-state index in [-0.39, 0.29) is 11.1 Å². The van der Waals surface area contributed by atoms with E-state index in [1.807, 2.05) is 0 Å². The quantitative estimate of drug-likeness (QED) is 0.483. The number of nitro groups is 1. The fourth-order valence-corrected chi connectivity index (χ4v) is 2.44. The average molecular weight is 321 g/mol. The largest absolute Gasteiger partial charge is 0.330 e. The Bertz CT molecular complexity index is 818. The van der Waals surface area contributed by atoms with Gasteiger partial charge in [0, 0.05) is 0 Å². The van der Waals surface area contributed by atoms with Crippen molar-refractivity contribution in [3.63, 3.8) is 0 Å². The van der Waals surface area contributed by atoms with Crippen LogP contribution in [0.25, 0.3) is 0 Å². The van der Waals surface area contributed by atoms with Gasteiger partial charge >= 0.3 is 5.69 Å². The Labute approximate surface area is 127 Å². The Morgan fingerprint density at radius 3 is 2.09 bits per heavy atom. The molecule has 0 aromatic heterocycles. The summed E-state index contributed by atoms with van der Waals surface area (Å²) in [6.45, 7) is 0. The predicted molar refractivity (Wildman–Crippen MR) is 75.6 cm³/mol. The van der Waals surface area contributed by atoms with E-state index in [9.17, 15) is 24.1 Å². The van der Waals surface area contributed by atoms with Gasteiger partial charge in [0.1, 0.15) is 5.69 Å². The van der Waals surface area contributed by atoms with E-state index in [2.05, 4.69) is 0 Å². The number of halogens is 2. The molecule has 6 nitrogen and oxygen atoms in total. The number of nitrogens with zero attached hydrogens (tertiary/aromatic N) is 2. The zero-order valence-electron chi connectivity index (χ0n) is 10.7. The Balaban J connectivity index is 2.23. The van der Waals surface area contributed by atoms with Crippen LogP contribution in [0.1, 0.15) is 20.7 Å². The molecule has 0 saturated carbocycles. The van der Waals surface area contributed by atoms with Crippen molar-refractivity contribution in [2.75, 3.05) is 4.90 Å². The Morgan fingerprint density at radius 1 is 1.05 bits per heavy atom. The first-order valence-electron chi connectivity index (χ1n) is 6.03. The van der Waals surface area contributed by atoms with Crippen molar-refractivity contribution in [3.8, 4) is 0 Å². The maximum Gasteiger partial charge on any atom is 0.330 e. The number of hydrogen-bond donors (Lipinski definition) is 0. The van der Waals surface area contributed by atoms with Gasteiger partial charge in [-0.1, -0.05) is 23.7 Å². The zero-order valence-corrected chi connectivity index (χ0v) is 11.5. The summed E-state index contributed by atoms with van der Waals surface area (Å²) < 4.78 is 13.9. The molecule has 2 aromatic carbocycles. The highest BCUT2D eigenvalue weighted by Crippen LogP contribution is 2.38. The van der Waals surface area contributed by atoms with Crippen molar-refractivity contribution in [1.29, 1.82) is 0 Å². The van der Waals surface area contributed by atoms with Crippen molar-refractivity contribution >= 4 is 34.8 Å². The zero-order chi connectivity index (χ0) is 16.0. The van der Waals surface area contributed by atoms with Crippen LogP contribution in [0.5, 0.6) is 0 Å². The number of carbonyl (C=O) groups is 2. The van der Waals surface area contributed by atoms with Gasteiger partial charge in [0.2, 0.25) is 5.82 Å². The van der Waals surface area contributed by atoms with Gasteiger partial charge in [-0.05, 0) is 24.3 Å².